The van der Waals surface area contributed by atoms with Crippen LogP contribution in [0.15, 0.2) is 23.8 Å². The maximum absolute atomic E-state index is 11.8. The van der Waals surface area contributed by atoms with Crippen LogP contribution in [0.25, 0.3) is 0 Å². The van der Waals surface area contributed by atoms with Gasteiger partial charge in [0.15, 0.2) is 0 Å². The van der Waals surface area contributed by atoms with Crippen LogP contribution < -0.4 is 0 Å². The molecule has 0 aromatic heterocycles. The summed E-state index contributed by atoms with van der Waals surface area (Å²) in [5.41, 5.74) is 2.39. The van der Waals surface area contributed by atoms with Gasteiger partial charge in [0, 0.05) is 25.2 Å². The Hall–Kier alpha value is -1.13. The van der Waals surface area contributed by atoms with Gasteiger partial charge < -0.3 is 14.2 Å². The summed E-state index contributed by atoms with van der Waals surface area (Å²) in [4.78, 5) is 11.8. The summed E-state index contributed by atoms with van der Waals surface area (Å²) in [5.74, 6) is 0.832. The third-order valence-corrected chi connectivity index (χ3v) is 7.56. The average Bonchev–Trinajstić information content (AvgIpc) is 2.99. The summed E-state index contributed by atoms with van der Waals surface area (Å²) in [6.45, 7) is 10.4. The summed E-state index contributed by atoms with van der Waals surface area (Å²) in [6, 6.07) is 0. The highest BCUT2D eigenvalue weighted by molar-refractivity contribution is 5.90. The number of cyclic esters (lactones) is 1. The highest BCUT2D eigenvalue weighted by Gasteiger charge is 2.58. The second-order valence-corrected chi connectivity index (χ2v) is 8.88. The lowest BCUT2D eigenvalue weighted by Crippen LogP contribution is -2.58. The molecule has 2 fully saturated rings. The first kappa shape index (κ1) is 19.6. The Morgan fingerprint density at radius 3 is 2.69 bits per heavy atom. The van der Waals surface area contributed by atoms with Crippen LogP contribution in [0.2, 0.25) is 0 Å². The lowest BCUT2D eigenvalue weighted by molar-refractivity contribution is -0.167. The zero-order valence-electron chi connectivity index (χ0n) is 16.8. The molecule has 2 aliphatic carbocycles. The van der Waals surface area contributed by atoms with Crippen molar-refractivity contribution in [1.29, 1.82) is 0 Å². The number of carbonyl (C=O) groups excluding carboxylic acids is 1. The highest BCUT2D eigenvalue weighted by atomic mass is 16.5. The van der Waals surface area contributed by atoms with Crippen LogP contribution >= 0.6 is 0 Å². The molecular formula is C22H34O4. The van der Waals surface area contributed by atoms with Gasteiger partial charge in [0.1, 0.15) is 6.61 Å². The molecule has 3 aliphatic rings. The van der Waals surface area contributed by atoms with Crippen LogP contribution in [0.3, 0.4) is 0 Å². The molecule has 0 bridgehead atoms. The van der Waals surface area contributed by atoms with Gasteiger partial charge in [0.2, 0.25) is 0 Å². The van der Waals surface area contributed by atoms with Crippen molar-refractivity contribution in [1.82, 2.24) is 0 Å². The standard InChI is InChI=1S/C22H34O4/c1-15-6-9-18-21(2,12-10-19(25-5)22(18,3)14-24-4)17(15)8-7-16-11-13-26-20(16)23/h11,17-19H,1,6-10,12-14H2,2-5H3. The fraction of sp³-hybridized carbons (Fsp3) is 0.773. The Morgan fingerprint density at radius 2 is 2.08 bits per heavy atom. The lowest BCUT2D eigenvalue weighted by atomic mass is 9.46. The highest BCUT2D eigenvalue weighted by Crippen LogP contribution is 2.62. The predicted octanol–water partition coefficient (Wildman–Crippen LogP) is 4.30. The maximum Gasteiger partial charge on any atom is 0.334 e. The average molecular weight is 363 g/mol. The number of rotatable bonds is 6. The molecule has 3 rings (SSSR count). The summed E-state index contributed by atoms with van der Waals surface area (Å²) in [5, 5.41) is 0. The van der Waals surface area contributed by atoms with E-state index in [4.69, 9.17) is 14.2 Å². The number of esters is 1. The van der Waals surface area contributed by atoms with Crippen molar-refractivity contribution < 1.29 is 19.0 Å². The summed E-state index contributed by atoms with van der Waals surface area (Å²) >= 11 is 0. The molecule has 0 spiro atoms. The molecule has 0 N–H and O–H groups in total. The Bertz CT molecular complexity index is 595. The molecule has 0 saturated heterocycles. The van der Waals surface area contributed by atoms with Gasteiger partial charge >= 0.3 is 5.97 Å². The molecule has 0 aromatic carbocycles. The van der Waals surface area contributed by atoms with Gasteiger partial charge in [-0.05, 0) is 61.9 Å². The molecule has 5 unspecified atom stereocenters. The van der Waals surface area contributed by atoms with E-state index in [0.717, 1.165) is 50.7 Å². The molecule has 5 atom stereocenters. The first-order valence-electron chi connectivity index (χ1n) is 9.92. The Morgan fingerprint density at radius 1 is 1.31 bits per heavy atom. The van der Waals surface area contributed by atoms with Crippen molar-refractivity contribution in [3.8, 4) is 0 Å². The molecule has 2 saturated carbocycles. The number of methoxy groups -OCH3 is 2. The lowest BCUT2D eigenvalue weighted by Gasteiger charge is -2.60. The van der Waals surface area contributed by atoms with Crippen molar-refractivity contribution >= 4 is 5.97 Å². The van der Waals surface area contributed by atoms with E-state index >= 15 is 0 Å². The van der Waals surface area contributed by atoms with E-state index in [1.807, 2.05) is 13.2 Å². The van der Waals surface area contributed by atoms with E-state index in [0.29, 0.717) is 18.4 Å². The van der Waals surface area contributed by atoms with Crippen LogP contribution in [0.4, 0.5) is 0 Å². The number of carbonyl (C=O) groups is 1. The van der Waals surface area contributed by atoms with Crippen molar-refractivity contribution in [3.05, 3.63) is 23.8 Å². The summed E-state index contributed by atoms with van der Waals surface area (Å²) in [6.07, 6.45) is 8.35. The minimum Gasteiger partial charge on any atom is -0.458 e. The van der Waals surface area contributed by atoms with Crippen LogP contribution in [0, 0.1) is 22.7 Å². The second kappa shape index (κ2) is 7.47. The van der Waals surface area contributed by atoms with E-state index in [1.54, 1.807) is 7.11 Å². The van der Waals surface area contributed by atoms with Gasteiger partial charge in [0.05, 0.1) is 12.7 Å². The van der Waals surface area contributed by atoms with Gasteiger partial charge in [0.25, 0.3) is 0 Å². The third kappa shape index (κ3) is 3.16. The fourth-order valence-electron chi connectivity index (χ4n) is 6.29. The van der Waals surface area contributed by atoms with Crippen LogP contribution in [-0.2, 0) is 19.0 Å². The quantitative estimate of drug-likeness (QED) is 0.522. The SMILES string of the molecule is C=C1CCC2C(C)(COC)C(OC)CCC2(C)C1CCC1=CCOC1=O. The molecule has 0 amide bonds. The zero-order valence-corrected chi connectivity index (χ0v) is 16.8. The molecule has 1 heterocycles. The minimum absolute atomic E-state index is 0.0149. The van der Waals surface area contributed by atoms with Crippen molar-refractivity contribution in [2.45, 2.75) is 58.5 Å². The predicted molar refractivity (Wildman–Crippen MR) is 102 cm³/mol. The summed E-state index contributed by atoms with van der Waals surface area (Å²) < 4.78 is 16.6. The second-order valence-electron chi connectivity index (χ2n) is 8.88. The number of ether oxygens (including phenoxy) is 3. The van der Waals surface area contributed by atoms with E-state index in [1.165, 1.54) is 5.57 Å². The van der Waals surface area contributed by atoms with Gasteiger partial charge in [-0.25, -0.2) is 4.79 Å². The van der Waals surface area contributed by atoms with Crippen molar-refractivity contribution in [2.75, 3.05) is 27.4 Å². The largest absolute Gasteiger partial charge is 0.458 e. The summed E-state index contributed by atoms with van der Waals surface area (Å²) in [7, 11) is 3.62. The van der Waals surface area contributed by atoms with Gasteiger partial charge in [-0.15, -0.1) is 0 Å². The topological polar surface area (TPSA) is 44.8 Å². The van der Waals surface area contributed by atoms with Gasteiger partial charge in [-0.2, -0.15) is 0 Å². The normalized spacial score (nSPS) is 40.2. The van der Waals surface area contributed by atoms with E-state index in [9.17, 15) is 4.79 Å². The number of hydrogen-bond acceptors (Lipinski definition) is 4. The molecule has 1 aliphatic heterocycles. The molecule has 26 heavy (non-hydrogen) atoms. The number of allylic oxidation sites excluding steroid dienone is 1. The number of fused-ring (bicyclic) bond motifs is 1. The molecule has 0 aromatic rings. The third-order valence-electron chi connectivity index (χ3n) is 7.56. The van der Waals surface area contributed by atoms with E-state index in [2.05, 4.69) is 20.4 Å². The van der Waals surface area contributed by atoms with Crippen LogP contribution in [-0.4, -0.2) is 39.5 Å². The molecule has 4 heteroatoms. The van der Waals surface area contributed by atoms with Crippen molar-refractivity contribution in [2.24, 2.45) is 22.7 Å². The van der Waals surface area contributed by atoms with Gasteiger partial charge in [-0.1, -0.05) is 26.0 Å². The Labute approximate surface area is 158 Å². The Kier molecular flexibility index (Phi) is 5.64. The van der Waals surface area contributed by atoms with Crippen LogP contribution in [0.1, 0.15) is 52.4 Å². The van der Waals surface area contributed by atoms with Crippen LogP contribution in [0.5, 0.6) is 0 Å². The molecule has 4 nitrogen and oxygen atoms in total. The fourth-order valence-corrected chi connectivity index (χ4v) is 6.29. The molecular weight excluding hydrogens is 328 g/mol. The van der Waals surface area contributed by atoms with E-state index < -0.39 is 0 Å². The first-order chi connectivity index (χ1) is 12.4. The maximum atomic E-state index is 11.8. The van der Waals surface area contributed by atoms with E-state index in [-0.39, 0.29) is 22.9 Å². The smallest absolute Gasteiger partial charge is 0.334 e. The van der Waals surface area contributed by atoms with Gasteiger partial charge in [-0.3, -0.25) is 0 Å². The minimum atomic E-state index is -0.138. The molecule has 146 valence electrons. The van der Waals surface area contributed by atoms with Crippen molar-refractivity contribution in [3.63, 3.8) is 0 Å². The Balaban J connectivity index is 1.84. The zero-order chi connectivity index (χ0) is 18.9. The molecule has 0 radical (unpaired) electrons. The monoisotopic (exact) mass is 362 g/mol. The first-order valence-corrected chi connectivity index (χ1v) is 9.92. The number of hydrogen-bond donors (Lipinski definition) is 0.